The van der Waals surface area contributed by atoms with Crippen molar-refractivity contribution in [3.05, 3.63) is 53.9 Å². The molecule has 2 rings (SSSR count). The number of aromatic nitrogens is 1. The fourth-order valence-corrected chi connectivity index (χ4v) is 1.74. The molecular formula is C15H16N2O3. The third kappa shape index (κ3) is 3.26. The highest BCUT2D eigenvalue weighted by atomic mass is 16.5. The predicted molar refractivity (Wildman–Crippen MR) is 75.6 cm³/mol. The van der Waals surface area contributed by atoms with Gasteiger partial charge in [-0.05, 0) is 36.8 Å². The molecule has 1 aromatic heterocycles. The van der Waals surface area contributed by atoms with Gasteiger partial charge >= 0.3 is 0 Å². The lowest BCUT2D eigenvalue weighted by atomic mass is 10.1. The molecule has 5 nitrogen and oxygen atoms in total. The van der Waals surface area contributed by atoms with Crippen LogP contribution in [0.1, 0.15) is 18.1 Å². The number of hydrogen-bond acceptors (Lipinski definition) is 5. The Labute approximate surface area is 117 Å². The molecule has 0 amide bonds. The molecule has 20 heavy (non-hydrogen) atoms. The van der Waals surface area contributed by atoms with Gasteiger partial charge in [0.15, 0.2) is 0 Å². The Morgan fingerprint density at radius 2 is 2.00 bits per heavy atom. The van der Waals surface area contributed by atoms with Crippen molar-refractivity contribution in [1.29, 1.82) is 0 Å². The van der Waals surface area contributed by atoms with Gasteiger partial charge in [-0.2, -0.15) is 0 Å². The SMILES string of the molecule is COc1ccc(/C(C)=N/O)c(OCc2ccncc2)c1. The Hall–Kier alpha value is -2.56. The van der Waals surface area contributed by atoms with E-state index in [-0.39, 0.29) is 0 Å². The van der Waals surface area contributed by atoms with Crippen LogP contribution in [0.4, 0.5) is 0 Å². The van der Waals surface area contributed by atoms with Crippen molar-refractivity contribution < 1.29 is 14.7 Å². The average Bonchev–Trinajstić information content (AvgIpc) is 2.52. The van der Waals surface area contributed by atoms with Crippen LogP contribution < -0.4 is 9.47 Å². The van der Waals surface area contributed by atoms with Gasteiger partial charge in [0.1, 0.15) is 18.1 Å². The number of oxime groups is 1. The summed E-state index contributed by atoms with van der Waals surface area (Å²) >= 11 is 0. The minimum atomic E-state index is 0.404. The van der Waals surface area contributed by atoms with Crippen LogP contribution in [0.2, 0.25) is 0 Å². The van der Waals surface area contributed by atoms with E-state index in [1.54, 1.807) is 44.6 Å². The number of pyridine rings is 1. The van der Waals surface area contributed by atoms with Crippen molar-refractivity contribution >= 4 is 5.71 Å². The zero-order chi connectivity index (χ0) is 14.4. The van der Waals surface area contributed by atoms with Crippen molar-refractivity contribution in [1.82, 2.24) is 4.98 Å². The minimum Gasteiger partial charge on any atom is -0.497 e. The molecule has 0 aliphatic rings. The summed E-state index contributed by atoms with van der Waals surface area (Å²) in [4.78, 5) is 3.96. The molecule has 0 spiro atoms. The van der Waals surface area contributed by atoms with Crippen LogP contribution in [-0.2, 0) is 6.61 Å². The van der Waals surface area contributed by atoms with Gasteiger partial charge in [0.2, 0.25) is 0 Å². The lowest BCUT2D eigenvalue weighted by Gasteiger charge is -2.12. The van der Waals surface area contributed by atoms with E-state index < -0.39 is 0 Å². The third-order valence-corrected chi connectivity index (χ3v) is 2.87. The van der Waals surface area contributed by atoms with Gasteiger partial charge in [-0.15, -0.1) is 0 Å². The van der Waals surface area contributed by atoms with Crippen LogP contribution >= 0.6 is 0 Å². The van der Waals surface area contributed by atoms with E-state index in [9.17, 15) is 0 Å². The van der Waals surface area contributed by atoms with Crippen LogP contribution in [0, 0.1) is 0 Å². The maximum Gasteiger partial charge on any atom is 0.132 e. The van der Waals surface area contributed by atoms with E-state index in [0.717, 1.165) is 11.1 Å². The first-order valence-electron chi connectivity index (χ1n) is 6.13. The van der Waals surface area contributed by atoms with Gasteiger partial charge in [-0.1, -0.05) is 5.16 Å². The molecule has 5 heteroatoms. The molecule has 0 bridgehead atoms. The summed E-state index contributed by atoms with van der Waals surface area (Å²) in [6, 6.07) is 9.13. The minimum absolute atomic E-state index is 0.404. The molecule has 0 unspecified atom stereocenters. The maximum atomic E-state index is 8.92. The molecule has 0 fully saturated rings. The van der Waals surface area contributed by atoms with Crippen LogP contribution in [0.3, 0.4) is 0 Å². The first kappa shape index (κ1) is 13.9. The van der Waals surface area contributed by atoms with Gasteiger partial charge in [-0.3, -0.25) is 4.98 Å². The van der Waals surface area contributed by atoms with Crippen molar-refractivity contribution in [2.45, 2.75) is 13.5 Å². The second-order valence-corrected chi connectivity index (χ2v) is 4.19. The molecular weight excluding hydrogens is 256 g/mol. The summed E-state index contributed by atoms with van der Waals surface area (Å²) < 4.78 is 11.0. The van der Waals surface area contributed by atoms with Crippen LogP contribution in [0.25, 0.3) is 0 Å². The molecule has 104 valence electrons. The summed E-state index contributed by atoms with van der Waals surface area (Å²) in [5.41, 5.74) is 2.21. The molecule has 0 atom stereocenters. The summed E-state index contributed by atoms with van der Waals surface area (Å²) in [5, 5.41) is 12.1. The normalized spacial score (nSPS) is 11.2. The number of nitrogens with zero attached hydrogens (tertiary/aromatic N) is 2. The van der Waals surface area contributed by atoms with E-state index in [1.807, 2.05) is 12.1 Å². The van der Waals surface area contributed by atoms with Crippen molar-refractivity contribution in [2.24, 2.45) is 5.16 Å². The molecule has 1 N–H and O–H groups in total. The second-order valence-electron chi connectivity index (χ2n) is 4.19. The molecule has 0 radical (unpaired) electrons. The topological polar surface area (TPSA) is 63.9 Å². The quantitative estimate of drug-likeness (QED) is 0.516. The fraction of sp³-hybridized carbons (Fsp3) is 0.200. The van der Waals surface area contributed by atoms with Gasteiger partial charge in [0.05, 0.1) is 12.8 Å². The van der Waals surface area contributed by atoms with E-state index in [4.69, 9.17) is 14.7 Å². The highest BCUT2D eigenvalue weighted by molar-refractivity contribution is 6.00. The van der Waals surface area contributed by atoms with Crippen molar-refractivity contribution in [3.63, 3.8) is 0 Å². The first-order chi connectivity index (χ1) is 9.74. The smallest absolute Gasteiger partial charge is 0.132 e. The standard InChI is InChI=1S/C15H16N2O3/c1-11(17-18)14-4-3-13(19-2)9-15(14)20-10-12-5-7-16-8-6-12/h3-9,18H,10H2,1-2H3/b17-11+. The number of ether oxygens (including phenoxy) is 2. The van der Waals surface area contributed by atoms with E-state index in [2.05, 4.69) is 10.1 Å². The second kappa shape index (κ2) is 6.56. The summed E-state index contributed by atoms with van der Waals surface area (Å²) in [5.74, 6) is 1.29. The molecule has 0 aliphatic carbocycles. The molecule has 0 saturated carbocycles. The van der Waals surface area contributed by atoms with Gasteiger partial charge in [-0.25, -0.2) is 0 Å². The lowest BCUT2D eigenvalue weighted by Crippen LogP contribution is -2.03. The van der Waals surface area contributed by atoms with Crippen LogP contribution in [-0.4, -0.2) is 23.0 Å². The van der Waals surface area contributed by atoms with Crippen molar-refractivity contribution in [3.8, 4) is 11.5 Å². The van der Waals surface area contributed by atoms with E-state index >= 15 is 0 Å². The Morgan fingerprint density at radius 3 is 2.65 bits per heavy atom. The number of methoxy groups -OCH3 is 1. The van der Waals surface area contributed by atoms with Crippen LogP contribution in [0.5, 0.6) is 11.5 Å². The lowest BCUT2D eigenvalue weighted by molar-refractivity contribution is 0.301. The highest BCUT2D eigenvalue weighted by Crippen LogP contribution is 2.26. The average molecular weight is 272 g/mol. The highest BCUT2D eigenvalue weighted by Gasteiger charge is 2.09. The molecule has 2 aromatic rings. The summed E-state index contributed by atoms with van der Waals surface area (Å²) in [6.07, 6.45) is 3.43. The monoisotopic (exact) mass is 272 g/mol. The molecule has 1 heterocycles. The largest absolute Gasteiger partial charge is 0.497 e. The molecule has 0 saturated heterocycles. The number of hydrogen-bond donors (Lipinski definition) is 1. The van der Waals surface area contributed by atoms with E-state index in [0.29, 0.717) is 23.8 Å². The van der Waals surface area contributed by atoms with Gasteiger partial charge in [0.25, 0.3) is 0 Å². The maximum absolute atomic E-state index is 8.92. The molecule has 0 aliphatic heterocycles. The van der Waals surface area contributed by atoms with Crippen molar-refractivity contribution in [2.75, 3.05) is 7.11 Å². The summed E-state index contributed by atoms with van der Waals surface area (Å²) in [6.45, 7) is 2.11. The van der Waals surface area contributed by atoms with E-state index in [1.165, 1.54) is 0 Å². The van der Waals surface area contributed by atoms with Gasteiger partial charge in [0, 0.05) is 24.0 Å². The Morgan fingerprint density at radius 1 is 1.25 bits per heavy atom. The van der Waals surface area contributed by atoms with Gasteiger partial charge < -0.3 is 14.7 Å². The van der Waals surface area contributed by atoms with Crippen LogP contribution in [0.15, 0.2) is 47.9 Å². The number of benzene rings is 1. The summed E-state index contributed by atoms with van der Waals surface area (Å²) in [7, 11) is 1.59. The number of rotatable bonds is 5. The Kier molecular flexibility index (Phi) is 4.55. The Balaban J connectivity index is 2.24. The zero-order valence-electron chi connectivity index (χ0n) is 11.4. The first-order valence-corrected chi connectivity index (χ1v) is 6.13. The predicted octanol–water partition coefficient (Wildman–Crippen LogP) is 2.87. The fourth-order valence-electron chi connectivity index (χ4n) is 1.74. The zero-order valence-corrected chi connectivity index (χ0v) is 11.4. The Bertz CT molecular complexity index is 597. The third-order valence-electron chi connectivity index (χ3n) is 2.87. The molecule has 1 aromatic carbocycles.